The Bertz CT molecular complexity index is 565. The molecular weight excluding hydrogens is 280 g/mol. The van der Waals surface area contributed by atoms with Crippen LogP contribution in [0, 0.1) is 0 Å². The van der Waals surface area contributed by atoms with Gasteiger partial charge in [0.1, 0.15) is 5.76 Å². The second kappa shape index (κ2) is 6.25. The maximum Gasteiger partial charge on any atom is 0.331 e. The lowest BCUT2D eigenvalue weighted by atomic mass is 10.2. The highest BCUT2D eigenvalue weighted by molar-refractivity contribution is 7.10. The molecule has 2 heterocycles. The van der Waals surface area contributed by atoms with Crippen LogP contribution < -0.4 is 5.32 Å². The number of nitrogens with zero attached hydrogens (tertiary/aromatic N) is 1. The summed E-state index contributed by atoms with van der Waals surface area (Å²) in [6.07, 6.45) is 1.52. The summed E-state index contributed by atoms with van der Waals surface area (Å²) in [5.41, 5.74) is 0. The zero-order chi connectivity index (χ0) is 14.5. The quantitative estimate of drug-likeness (QED) is 0.886. The Kier molecular flexibility index (Phi) is 4.41. The fourth-order valence-electron chi connectivity index (χ4n) is 1.65. The van der Waals surface area contributed by atoms with Gasteiger partial charge in [-0.3, -0.25) is 0 Å². The average Bonchev–Trinajstić information content (AvgIpc) is 3.07. The van der Waals surface area contributed by atoms with Crippen molar-refractivity contribution in [3.63, 3.8) is 0 Å². The molecule has 6 nitrogen and oxygen atoms in total. The van der Waals surface area contributed by atoms with Gasteiger partial charge in [-0.25, -0.2) is 9.59 Å². The number of aliphatic carboxylic acids is 1. The fraction of sp³-hybridized carbons (Fsp3) is 0.231. The molecule has 0 aliphatic carbocycles. The first-order chi connectivity index (χ1) is 9.58. The number of hydrogen-bond donors (Lipinski definition) is 2. The van der Waals surface area contributed by atoms with Crippen LogP contribution in [0.25, 0.3) is 0 Å². The Morgan fingerprint density at radius 3 is 2.80 bits per heavy atom. The molecule has 2 N–H and O–H groups in total. The molecule has 2 rings (SSSR count). The molecular formula is C13H14N2O4S. The van der Waals surface area contributed by atoms with Gasteiger partial charge in [0.15, 0.2) is 6.04 Å². The predicted molar refractivity (Wildman–Crippen MR) is 73.4 cm³/mol. The summed E-state index contributed by atoms with van der Waals surface area (Å²) in [4.78, 5) is 25.2. The zero-order valence-corrected chi connectivity index (χ0v) is 11.6. The smallest absolute Gasteiger partial charge is 0.331 e. The van der Waals surface area contributed by atoms with Crippen molar-refractivity contribution in [2.75, 3.05) is 7.05 Å². The number of carbonyl (C=O) groups excluding carboxylic acids is 1. The molecule has 0 saturated carbocycles. The van der Waals surface area contributed by atoms with Crippen LogP contribution in [0.15, 0.2) is 40.3 Å². The van der Waals surface area contributed by atoms with Crippen molar-refractivity contribution in [3.05, 3.63) is 46.5 Å². The van der Waals surface area contributed by atoms with Gasteiger partial charge < -0.3 is 19.7 Å². The number of furan rings is 1. The number of urea groups is 1. The Morgan fingerprint density at radius 2 is 2.25 bits per heavy atom. The van der Waals surface area contributed by atoms with Crippen molar-refractivity contribution in [1.29, 1.82) is 0 Å². The van der Waals surface area contributed by atoms with Crippen LogP contribution in [0.2, 0.25) is 0 Å². The van der Waals surface area contributed by atoms with E-state index in [4.69, 9.17) is 4.42 Å². The third-order valence-electron chi connectivity index (χ3n) is 2.66. The molecule has 1 unspecified atom stereocenters. The van der Waals surface area contributed by atoms with Crippen molar-refractivity contribution in [2.24, 2.45) is 0 Å². The summed E-state index contributed by atoms with van der Waals surface area (Å²) in [5, 5.41) is 13.4. The van der Waals surface area contributed by atoms with E-state index in [9.17, 15) is 14.7 Å². The first kappa shape index (κ1) is 14.1. The molecule has 2 aromatic heterocycles. The van der Waals surface area contributed by atoms with E-state index in [0.29, 0.717) is 10.6 Å². The van der Waals surface area contributed by atoms with Crippen molar-refractivity contribution < 1.29 is 19.1 Å². The van der Waals surface area contributed by atoms with Crippen LogP contribution >= 0.6 is 11.3 Å². The van der Waals surface area contributed by atoms with Crippen LogP contribution in [0.4, 0.5) is 4.79 Å². The van der Waals surface area contributed by atoms with E-state index >= 15 is 0 Å². The molecule has 7 heteroatoms. The highest BCUT2D eigenvalue weighted by Gasteiger charge is 2.24. The third kappa shape index (κ3) is 3.39. The van der Waals surface area contributed by atoms with Gasteiger partial charge in [-0.15, -0.1) is 11.3 Å². The second-order valence-electron chi connectivity index (χ2n) is 4.17. The normalized spacial score (nSPS) is 11.8. The van der Waals surface area contributed by atoms with Gasteiger partial charge in [-0.05, 0) is 23.6 Å². The number of amides is 2. The van der Waals surface area contributed by atoms with Gasteiger partial charge in [0, 0.05) is 11.9 Å². The molecule has 0 aliphatic heterocycles. The summed E-state index contributed by atoms with van der Waals surface area (Å²) in [6, 6.07) is 5.39. The molecule has 0 aliphatic rings. The second-order valence-corrected chi connectivity index (χ2v) is 5.15. The number of carbonyl (C=O) groups is 2. The summed E-state index contributed by atoms with van der Waals surface area (Å²) < 4.78 is 5.14. The predicted octanol–water partition coefficient (Wildman–Crippen LogP) is 2.31. The lowest BCUT2D eigenvalue weighted by Gasteiger charge is -2.20. The molecule has 0 bridgehead atoms. The lowest BCUT2D eigenvalue weighted by molar-refractivity contribution is -0.139. The molecule has 106 valence electrons. The first-order valence-electron chi connectivity index (χ1n) is 5.88. The Morgan fingerprint density at radius 1 is 1.45 bits per heavy atom. The van der Waals surface area contributed by atoms with E-state index in [1.54, 1.807) is 36.7 Å². The number of thiophene rings is 1. The monoisotopic (exact) mass is 294 g/mol. The maximum absolute atomic E-state index is 12.0. The van der Waals surface area contributed by atoms with Gasteiger partial charge in [0.25, 0.3) is 0 Å². The van der Waals surface area contributed by atoms with Gasteiger partial charge >= 0.3 is 12.0 Å². The Labute approximate surface area is 119 Å². The van der Waals surface area contributed by atoms with Crippen molar-refractivity contribution >= 4 is 23.3 Å². The van der Waals surface area contributed by atoms with Crippen molar-refractivity contribution in [3.8, 4) is 0 Å². The Hall–Kier alpha value is -2.28. The van der Waals surface area contributed by atoms with Crippen molar-refractivity contribution in [1.82, 2.24) is 10.2 Å². The molecule has 0 fully saturated rings. The minimum absolute atomic E-state index is 0.273. The topological polar surface area (TPSA) is 82.8 Å². The van der Waals surface area contributed by atoms with Crippen molar-refractivity contribution in [2.45, 2.75) is 12.6 Å². The van der Waals surface area contributed by atoms with Gasteiger partial charge in [0.2, 0.25) is 0 Å². The molecule has 20 heavy (non-hydrogen) atoms. The number of nitrogens with one attached hydrogen (secondary N) is 1. The van der Waals surface area contributed by atoms with Crippen LogP contribution in [0.5, 0.6) is 0 Å². The van der Waals surface area contributed by atoms with E-state index in [-0.39, 0.29) is 6.54 Å². The summed E-state index contributed by atoms with van der Waals surface area (Å²) >= 11 is 1.29. The van der Waals surface area contributed by atoms with Crippen LogP contribution in [-0.4, -0.2) is 29.1 Å². The summed E-state index contributed by atoms with van der Waals surface area (Å²) in [6.45, 7) is 0.273. The molecule has 2 amide bonds. The number of hydrogen-bond acceptors (Lipinski definition) is 4. The van der Waals surface area contributed by atoms with E-state index in [1.165, 1.54) is 22.5 Å². The van der Waals surface area contributed by atoms with E-state index in [0.717, 1.165) is 0 Å². The SMILES string of the molecule is CN(Cc1ccco1)C(=O)NC(C(=O)O)c1cccs1. The zero-order valence-electron chi connectivity index (χ0n) is 10.8. The highest BCUT2D eigenvalue weighted by Crippen LogP contribution is 2.19. The Balaban J connectivity index is 1.99. The van der Waals surface area contributed by atoms with Gasteiger partial charge in [0.05, 0.1) is 12.8 Å². The first-order valence-corrected chi connectivity index (χ1v) is 6.76. The summed E-state index contributed by atoms with van der Waals surface area (Å²) in [5.74, 6) is -0.460. The lowest BCUT2D eigenvalue weighted by Crippen LogP contribution is -2.41. The van der Waals surface area contributed by atoms with E-state index < -0.39 is 18.0 Å². The van der Waals surface area contributed by atoms with Gasteiger partial charge in [-0.2, -0.15) is 0 Å². The standard InChI is InChI=1S/C13H14N2O4S/c1-15(8-9-4-2-6-19-9)13(18)14-11(12(16)17)10-5-3-7-20-10/h2-7,11H,8H2,1H3,(H,14,18)(H,16,17). The van der Waals surface area contributed by atoms with Crippen LogP contribution in [-0.2, 0) is 11.3 Å². The summed E-state index contributed by atoms with van der Waals surface area (Å²) in [7, 11) is 1.57. The number of carboxylic acid groups (broad SMARTS) is 1. The molecule has 0 aromatic carbocycles. The number of rotatable bonds is 5. The van der Waals surface area contributed by atoms with Gasteiger partial charge in [-0.1, -0.05) is 6.07 Å². The maximum atomic E-state index is 12.0. The fourth-order valence-corrected chi connectivity index (χ4v) is 2.42. The molecule has 1 atom stereocenters. The van der Waals surface area contributed by atoms with E-state index in [1.807, 2.05) is 0 Å². The highest BCUT2D eigenvalue weighted by atomic mass is 32.1. The third-order valence-corrected chi connectivity index (χ3v) is 3.60. The molecule has 0 radical (unpaired) electrons. The largest absolute Gasteiger partial charge is 0.479 e. The minimum atomic E-state index is -1.09. The number of carboxylic acids is 1. The molecule has 0 saturated heterocycles. The van der Waals surface area contributed by atoms with Crippen LogP contribution in [0.1, 0.15) is 16.7 Å². The minimum Gasteiger partial charge on any atom is -0.479 e. The molecule has 2 aromatic rings. The van der Waals surface area contributed by atoms with E-state index in [2.05, 4.69) is 5.32 Å². The van der Waals surface area contributed by atoms with Crippen LogP contribution in [0.3, 0.4) is 0 Å². The average molecular weight is 294 g/mol. The molecule has 0 spiro atoms.